The van der Waals surface area contributed by atoms with Crippen molar-refractivity contribution in [3.05, 3.63) is 10.1 Å². The van der Waals surface area contributed by atoms with Crippen LogP contribution in [-0.2, 0) is 4.79 Å². The second-order valence-corrected chi connectivity index (χ2v) is 5.49. The summed E-state index contributed by atoms with van der Waals surface area (Å²) in [5, 5.41) is 27.3. The van der Waals surface area contributed by atoms with Crippen LogP contribution in [0.2, 0.25) is 0 Å². The minimum atomic E-state index is -0.836. The van der Waals surface area contributed by atoms with E-state index in [9.17, 15) is 14.9 Å². The highest BCUT2D eigenvalue weighted by Crippen LogP contribution is 2.23. The highest BCUT2D eigenvalue weighted by atomic mass is 32.2. The van der Waals surface area contributed by atoms with E-state index in [4.69, 9.17) is 16.4 Å². The van der Waals surface area contributed by atoms with Crippen molar-refractivity contribution >= 4 is 23.6 Å². The smallest absolute Gasteiger partial charge is 0.251 e. The normalized spacial score (nSPS) is 18.7. The van der Waals surface area contributed by atoms with Crippen molar-refractivity contribution in [2.75, 3.05) is 18.8 Å². The van der Waals surface area contributed by atoms with E-state index >= 15 is 0 Å². The summed E-state index contributed by atoms with van der Waals surface area (Å²) >= 11 is 1.41. The molecule has 0 saturated carbocycles. The first kappa shape index (κ1) is 17.0. The van der Waals surface area contributed by atoms with Gasteiger partial charge in [-0.1, -0.05) is 5.43 Å². The van der Waals surface area contributed by atoms with Gasteiger partial charge >= 0.3 is 0 Å². The highest BCUT2D eigenvalue weighted by Gasteiger charge is 2.31. The van der Waals surface area contributed by atoms with E-state index in [0.29, 0.717) is 19.4 Å². The van der Waals surface area contributed by atoms with E-state index in [2.05, 4.69) is 11.4 Å². The lowest BCUT2D eigenvalue weighted by atomic mass is 10.1. The number of nitrogens with two attached hydrogens (primary N) is 1. The molecule has 1 aliphatic heterocycles. The topological polar surface area (TPSA) is 161 Å². The van der Waals surface area contributed by atoms with Crippen molar-refractivity contribution in [2.45, 2.75) is 24.3 Å². The van der Waals surface area contributed by atoms with Crippen LogP contribution in [0.15, 0.2) is 0 Å². The Hall–Kier alpha value is -2.06. The number of carbonyl (C=O) groups excluding carboxylic acids is 1. The molecular formula is C10H17N7O3S. The van der Waals surface area contributed by atoms with Crippen LogP contribution in [0.25, 0.3) is 0 Å². The third-order valence-corrected chi connectivity index (χ3v) is 3.89. The van der Waals surface area contributed by atoms with Crippen molar-refractivity contribution < 1.29 is 9.83 Å². The molecule has 21 heavy (non-hydrogen) atoms. The molecule has 1 heterocycles. The molecule has 1 fully saturated rings. The Morgan fingerprint density at radius 1 is 1.71 bits per heavy atom. The number of thioether (sulfide) groups is 1. The molecule has 2 atom stereocenters. The predicted octanol–water partition coefficient (Wildman–Crippen LogP) is -1.18. The number of rotatable bonds is 6. The average Bonchev–Trinajstić information content (AvgIpc) is 2.90. The fourth-order valence-corrected chi connectivity index (χ4v) is 2.79. The number of guanidine groups is 1. The van der Waals surface area contributed by atoms with E-state index in [-0.39, 0.29) is 12.5 Å². The van der Waals surface area contributed by atoms with Gasteiger partial charge in [0.1, 0.15) is 0 Å². The van der Waals surface area contributed by atoms with Gasteiger partial charge in [0.25, 0.3) is 5.96 Å². The predicted molar refractivity (Wildman–Crippen MR) is 76.6 cm³/mol. The van der Waals surface area contributed by atoms with Gasteiger partial charge in [0.15, 0.2) is 10.4 Å². The molecule has 0 aromatic rings. The molecule has 0 unspecified atom stereocenters. The lowest BCUT2D eigenvalue weighted by molar-refractivity contribution is -0.525. The Balaban J connectivity index is 2.26. The van der Waals surface area contributed by atoms with Crippen molar-refractivity contribution in [3.8, 4) is 6.07 Å². The molecule has 0 aromatic carbocycles. The van der Waals surface area contributed by atoms with Gasteiger partial charge in [0.05, 0.1) is 12.1 Å². The molecule has 0 aromatic heterocycles. The molecule has 10 nitrogen and oxygen atoms in total. The van der Waals surface area contributed by atoms with Crippen LogP contribution in [0, 0.1) is 26.9 Å². The molecule has 0 aliphatic carbocycles. The molecule has 116 valence electrons. The van der Waals surface area contributed by atoms with Crippen molar-refractivity contribution in [2.24, 2.45) is 5.73 Å². The Morgan fingerprint density at radius 2 is 2.43 bits per heavy atom. The lowest BCUT2D eigenvalue weighted by Gasteiger charge is -2.22. The first-order chi connectivity index (χ1) is 9.95. The zero-order chi connectivity index (χ0) is 15.8. The standard InChI is InChI=1S/C10H17N7O3S/c11-6-8-16(4-5-21-8)9(18)7(12)2-1-3-14-10(13)15-17(19)20/h7-8H,1-5,12H2,(H3,13,14,15)/t7-,8+/m0/s1. The molecular weight excluding hydrogens is 298 g/mol. The van der Waals surface area contributed by atoms with Gasteiger partial charge < -0.3 is 16.0 Å². The number of nitro groups is 1. The monoisotopic (exact) mass is 315 g/mol. The lowest BCUT2D eigenvalue weighted by Crippen LogP contribution is -2.46. The maximum absolute atomic E-state index is 12.1. The van der Waals surface area contributed by atoms with Crippen LogP contribution in [0.5, 0.6) is 0 Å². The number of nitriles is 1. The van der Waals surface area contributed by atoms with Gasteiger partial charge in [-0.3, -0.25) is 10.2 Å². The fourth-order valence-electron chi connectivity index (χ4n) is 1.81. The quantitative estimate of drug-likeness (QED) is 0.157. The SMILES string of the molecule is N#C[C@H]1SCCN1C(=O)[C@@H](N)CCCNC(=N)N[N+](=O)[O-]. The summed E-state index contributed by atoms with van der Waals surface area (Å²) in [5.74, 6) is 0.0486. The molecule has 0 bridgehead atoms. The number of amides is 1. The number of hydrogen-bond acceptors (Lipinski definition) is 7. The van der Waals surface area contributed by atoms with E-state index in [0.717, 1.165) is 5.75 Å². The molecule has 1 saturated heterocycles. The molecule has 0 radical (unpaired) electrons. The van der Waals surface area contributed by atoms with Gasteiger partial charge in [0.2, 0.25) is 5.91 Å². The van der Waals surface area contributed by atoms with Crippen LogP contribution in [-0.4, -0.2) is 52.1 Å². The molecule has 0 spiro atoms. The summed E-state index contributed by atoms with van der Waals surface area (Å²) in [7, 11) is 0. The number of hydrogen-bond donors (Lipinski definition) is 4. The largest absolute Gasteiger partial charge is 0.352 e. The fraction of sp³-hybridized carbons (Fsp3) is 0.700. The Kier molecular flexibility index (Phi) is 6.70. The molecule has 5 N–H and O–H groups in total. The molecule has 1 aliphatic rings. The summed E-state index contributed by atoms with van der Waals surface area (Å²) in [4.78, 5) is 23.6. The second kappa shape index (κ2) is 8.28. The van der Waals surface area contributed by atoms with Crippen molar-refractivity contribution in [1.29, 1.82) is 10.7 Å². The minimum absolute atomic E-state index is 0.259. The van der Waals surface area contributed by atoms with E-state index in [1.54, 1.807) is 5.43 Å². The van der Waals surface area contributed by atoms with Crippen molar-refractivity contribution in [1.82, 2.24) is 15.6 Å². The first-order valence-electron chi connectivity index (χ1n) is 6.26. The van der Waals surface area contributed by atoms with Crippen LogP contribution in [0.1, 0.15) is 12.8 Å². The summed E-state index contributed by atoms with van der Waals surface area (Å²) in [6.07, 6.45) is 0.851. The zero-order valence-corrected chi connectivity index (χ0v) is 12.1. The average molecular weight is 315 g/mol. The van der Waals surface area contributed by atoms with Crippen LogP contribution in [0.4, 0.5) is 0 Å². The van der Waals surface area contributed by atoms with Crippen molar-refractivity contribution in [3.63, 3.8) is 0 Å². The Bertz CT molecular complexity index is 452. The van der Waals surface area contributed by atoms with Gasteiger partial charge in [-0.25, -0.2) is 10.1 Å². The third kappa shape index (κ3) is 5.44. The summed E-state index contributed by atoms with van der Waals surface area (Å²) < 4.78 is 0. The summed E-state index contributed by atoms with van der Waals surface area (Å²) in [6.45, 7) is 0.808. The van der Waals surface area contributed by atoms with Gasteiger partial charge in [-0.2, -0.15) is 5.26 Å². The number of carbonyl (C=O) groups is 1. The number of hydrazine groups is 1. The van der Waals surface area contributed by atoms with E-state index < -0.39 is 22.4 Å². The number of nitrogens with zero attached hydrogens (tertiary/aromatic N) is 3. The number of nitrogens with one attached hydrogen (secondary N) is 3. The third-order valence-electron chi connectivity index (χ3n) is 2.80. The minimum Gasteiger partial charge on any atom is -0.352 e. The van der Waals surface area contributed by atoms with E-state index in [1.165, 1.54) is 16.7 Å². The van der Waals surface area contributed by atoms with Crippen LogP contribution in [0.3, 0.4) is 0 Å². The highest BCUT2D eigenvalue weighted by molar-refractivity contribution is 8.00. The second-order valence-electron chi connectivity index (χ2n) is 4.30. The zero-order valence-electron chi connectivity index (χ0n) is 11.2. The maximum Gasteiger partial charge on any atom is 0.251 e. The van der Waals surface area contributed by atoms with Gasteiger partial charge in [0, 0.05) is 18.8 Å². The molecule has 1 rings (SSSR count). The molecule has 11 heteroatoms. The maximum atomic E-state index is 12.1. The molecule has 1 amide bonds. The summed E-state index contributed by atoms with van der Waals surface area (Å²) in [6, 6.07) is 1.34. The Morgan fingerprint density at radius 3 is 3.05 bits per heavy atom. The Labute approximate surface area is 125 Å². The van der Waals surface area contributed by atoms with Gasteiger partial charge in [-0.15, -0.1) is 11.8 Å². The van der Waals surface area contributed by atoms with E-state index in [1.807, 2.05) is 0 Å². The van der Waals surface area contributed by atoms with Crippen LogP contribution >= 0.6 is 11.8 Å². The first-order valence-corrected chi connectivity index (χ1v) is 7.31. The van der Waals surface area contributed by atoms with Gasteiger partial charge in [-0.05, 0) is 12.8 Å². The summed E-state index contributed by atoms with van der Waals surface area (Å²) in [5.41, 5.74) is 7.46. The van der Waals surface area contributed by atoms with Crippen LogP contribution < -0.4 is 16.5 Å².